The minimum Gasteiger partial charge on any atom is -0.337 e. The van der Waals surface area contributed by atoms with Gasteiger partial charge in [0.25, 0.3) is 12.3 Å². The number of aromatic nitrogens is 2. The first-order valence-corrected chi connectivity index (χ1v) is 9.59. The number of hydrogen-bond donors (Lipinski definition) is 1. The third kappa shape index (κ3) is 3.79. The Balaban J connectivity index is 1.39. The number of nitrogens with one attached hydrogen (secondary N) is 1. The molecule has 0 aliphatic carbocycles. The number of rotatable bonds is 2. The van der Waals surface area contributed by atoms with Crippen LogP contribution in [0.5, 0.6) is 0 Å². The number of H-pyrrole nitrogens is 1. The summed E-state index contributed by atoms with van der Waals surface area (Å²) in [6.45, 7) is 2.42. The van der Waals surface area contributed by atoms with Gasteiger partial charge in [-0.2, -0.15) is 0 Å². The third-order valence-corrected chi connectivity index (χ3v) is 5.38. The van der Waals surface area contributed by atoms with Crippen LogP contribution >= 0.6 is 0 Å². The number of benzene rings is 1. The standard InChI is InChI=1S/C19H21F2N5O3/c20-15(21)16-22-13-4-3-12(11-14(13)23-16)17(27)25-7-9-26(10-8-25)19(29)18(28)24-5-1-2-6-24/h3-4,11,15H,1-2,5-10H2,(H,22,23). The monoisotopic (exact) mass is 405 g/mol. The molecule has 2 aromatic rings. The normalized spacial score (nSPS) is 17.4. The first-order chi connectivity index (χ1) is 13.9. The maximum absolute atomic E-state index is 12.8. The van der Waals surface area contributed by atoms with Gasteiger partial charge in [-0.15, -0.1) is 0 Å². The molecule has 2 fully saturated rings. The highest BCUT2D eigenvalue weighted by molar-refractivity contribution is 6.35. The number of fused-ring (bicyclic) bond motifs is 1. The van der Waals surface area contributed by atoms with E-state index in [0.717, 1.165) is 12.8 Å². The van der Waals surface area contributed by atoms with E-state index in [1.165, 1.54) is 17.0 Å². The Bertz CT molecular complexity index is 946. The molecule has 0 saturated carbocycles. The number of imidazole rings is 1. The third-order valence-electron chi connectivity index (χ3n) is 5.38. The Labute approximate surface area is 165 Å². The van der Waals surface area contributed by atoms with E-state index in [2.05, 4.69) is 9.97 Å². The van der Waals surface area contributed by atoms with Crippen LogP contribution in [0, 0.1) is 0 Å². The molecule has 1 N–H and O–H groups in total. The molecule has 154 valence electrons. The van der Waals surface area contributed by atoms with Crippen molar-refractivity contribution < 1.29 is 23.2 Å². The van der Waals surface area contributed by atoms with Gasteiger partial charge in [-0.1, -0.05) is 0 Å². The maximum atomic E-state index is 12.8. The smallest absolute Gasteiger partial charge is 0.312 e. The fraction of sp³-hybridized carbons (Fsp3) is 0.474. The average molecular weight is 405 g/mol. The number of hydrogen-bond acceptors (Lipinski definition) is 4. The van der Waals surface area contributed by atoms with Crippen LogP contribution in [0.2, 0.25) is 0 Å². The average Bonchev–Trinajstić information content (AvgIpc) is 3.41. The van der Waals surface area contributed by atoms with Gasteiger partial charge in [0.2, 0.25) is 0 Å². The summed E-state index contributed by atoms with van der Waals surface area (Å²) in [4.78, 5) is 48.4. The summed E-state index contributed by atoms with van der Waals surface area (Å²) < 4.78 is 25.6. The van der Waals surface area contributed by atoms with Crippen LogP contribution in [0.25, 0.3) is 11.0 Å². The molecule has 1 aromatic heterocycles. The molecule has 3 heterocycles. The molecule has 10 heteroatoms. The van der Waals surface area contributed by atoms with E-state index in [-0.39, 0.29) is 19.0 Å². The van der Waals surface area contributed by atoms with Gasteiger partial charge in [0.05, 0.1) is 11.0 Å². The van der Waals surface area contributed by atoms with Crippen LogP contribution in [0.15, 0.2) is 18.2 Å². The zero-order valence-corrected chi connectivity index (χ0v) is 15.7. The molecule has 0 atom stereocenters. The Morgan fingerprint density at radius 2 is 1.48 bits per heavy atom. The molecular weight excluding hydrogens is 384 g/mol. The van der Waals surface area contributed by atoms with Gasteiger partial charge < -0.3 is 19.7 Å². The number of carbonyl (C=O) groups is 3. The van der Waals surface area contributed by atoms with Crippen LogP contribution in [0.3, 0.4) is 0 Å². The number of halogens is 2. The first-order valence-electron chi connectivity index (χ1n) is 9.59. The second-order valence-corrected chi connectivity index (χ2v) is 7.24. The lowest BCUT2D eigenvalue weighted by molar-refractivity contribution is -0.152. The van der Waals surface area contributed by atoms with Crippen molar-refractivity contribution in [2.24, 2.45) is 0 Å². The molecule has 2 aliphatic heterocycles. The number of alkyl halides is 2. The highest BCUT2D eigenvalue weighted by Crippen LogP contribution is 2.21. The number of likely N-dealkylation sites (tertiary alicyclic amines) is 1. The van der Waals surface area contributed by atoms with Crippen molar-refractivity contribution in [1.29, 1.82) is 0 Å². The Morgan fingerprint density at radius 3 is 2.10 bits per heavy atom. The van der Waals surface area contributed by atoms with E-state index in [1.807, 2.05) is 0 Å². The van der Waals surface area contributed by atoms with Crippen LogP contribution in [-0.2, 0) is 9.59 Å². The fourth-order valence-electron chi connectivity index (χ4n) is 3.75. The van der Waals surface area contributed by atoms with Crippen molar-refractivity contribution in [3.8, 4) is 0 Å². The van der Waals surface area contributed by atoms with E-state index in [0.29, 0.717) is 42.8 Å². The SMILES string of the molecule is O=C(C(=O)N1CCN(C(=O)c2ccc3nc(C(F)F)[nH]c3c2)CC1)N1CCCC1. The van der Waals surface area contributed by atoms with E-state index in [1.54, 1.807) is 15.9 Å². The summed E-state index contributed by atoms with van der Waals surface area (Å²) in [7, 11) is 0. The second-order valence-electron chi connectivity index (χ2n) is 7.24. The Morgan fingerprint density at radius 1 is 0.897 bits per heavy atom. The molecular formula is C19H21F2N5O3. The molecule has 29 heavy (non-hydrogen) atoms. The van der Waals surface area contributed by atoms with Gasteiger partial charge in [0.1, 0.15) is 0 Å². The van der Waals surface area contributed by atoms with Crippen molar-refractivity contribution in [3.63, 3.8) is 0 Å². The Kier molecular flexibility index (Phi) is 5.16. The highest BCUT2D eigenvalue weighted by Gasteiger charge is 2.32. The largest absolute Gasteiger partial charge is 0.337 e. The molecule has 4 rings (SSSR count). The van der Waals surface area contributed by atoms with Gasteiger partial charge >= 0.3 is 11.8 Å². The number of carbonyl (C=O) groups excluding carboxylic acids is 3. The summed E-state index contributed by atoms with van der Waals surface area (Å²) in [6.07, 6.45) is -0.878. The number of amides is 3. The molecule has 3 amide bonds. The van der Waals surface area contributed by atoms with Gasteiger partial charge in [0, 0.05) is 44.8 Å². The number of nitrogens with zero attached hydrogens (tertiary/aromatic N) is 4. The summed E-state index contributed by atoms with van der Waals surface area (Å²) in [5.41, 5.74) is 1.10. The predicted octanol–water partition coefficient (Wildman–Crippen LogP) is 1.41. The van der Waals surface area contributed by atoms with Crippen LogP contribution < -0.4 is 0 Å². The predicted molar refractivity (Wildman–Crippen MR) is 99.3 cm³/mol. The van der Waals surface area contributed by atoms with Crippen molar-refractivity contribution in [2.75, 3.05) is 39.3 Å². The first kappa shape index (κ1) is 19.3. The summed E-state index contributed by atoms with van der Waals surface area (Å²) in [6, 6.07) is 4.58. The maximum Gasteiger partial charge on any atom is 0.312 e. The lowest BCUT2D eigenvalue weighted by Gasteiger charge is -2.35. The van der Waals surface area contributed by atoms with Crippen molar-refractivity contribution in [1.82, 2.24) is 24.7 Å². The molecule has 0 unspecified atom stereocenters. The molecule has 8 nitrogen and oxygen atoms in total. The summed E-state index contributed by atoms with van der Waals surface area (Å²) >= 11 is 0. The van der Waals surface area contributed by atoms with E-state index < -0.39 is 24.1 Å². The molecule has 0 spiro atoms. The molecule has 2 saturated heterocycles. The fourth-order valence-corrected chi connectivity index (χ4v) is 3.75. The minimum absolute atomic E-state index is 0.252. The second kappa shape index (κ2) is 7.76. The highest BCUT2D eigenvalue weighted by atomic mass is 19.3. The molecule has 1 aromatic carbocycles. The number of piperazine rings is 1. The topological polar surface area (TPSA) is 89.6 Å². The van der Waals surface area contributed by atoms with Crippen LogP contribution in [0.1, 0.15) is 35.4 Å². The van der Waals surface area contributed by atoms with Crippen molar-refractivity contribution in [3.05, 3.63) is 29.6 Å². The van der Waals surface area contributed by atoms with Gasteiger partial charge in [-0.05, 0) is 31.0 Å². The summed E-state index contributed by atoms with van der Waals surface area (Å²) in [5.74, 6) is -1.67. The molecule has 0 radical (unpaired) electrons. The van der Waals surface area contributed by atoms with E-state index in [9.17, 15) is 23.2 Å². The van der Waals surface area contributed by atoms with Gasteiger partial charge in [0.15, 0.2) is 5.82 Å². The van der Waals surface area contributed by atoms with Crippen molar-refractivity contribution >= 4 is 28.8 Å². The lowest BCUT2D eigenvalue weighted by Crippen LogP contribution is -2.54. The Hall–Kier alpha value is -3.04. The lowest BCUT2D eigenvalue weighted by atomic mass is 10.1. The van der Waals surface area contributed by atoms with Crippen LogP contribution in [-0.4, -0.2) is 81.7 Å². The minimum atomic E-state index is -2.71. The zero-order valence-electron chi connectivity index (χ0n) is 15.7. The van der Waals surface area contributed by atoms with E-state index in [4.69, 9.17) is 0 Å². The van der Waals surface area contributed by atoms with E-state index >= 15 is 0 Å². The zero-order chi connectivity index (χ0) is 20.5. The molecule has 2 aliphatic rings. The quantitative estimate of drug-likeness (QED) is 0.765. The van der Waals surface area contributed by atoms with Crippen LogP contribution in [0.4, 0.5) is 8.78 Å². The van der Waals surface area contributed by atoms with Crippen molar-refractivity contribution in [2.45, 2.75) is 19.3 Å². The van der Waals surface area contributed by atoms with Gasteiger partial charge in [-0.25, -0.2) is 13.8 Å². The molecule has 0 bridgehead atoms. The number of aromatic amines is 1. The summed E-state index contributed by atoms with van der Waals surface area (Å²) in [5, 5.41) is 0. The van der Waals surface area contributed by atoms with Gasteiger partial charge in [-0.3, -0.25) is 14.4 Å².